The molecule has 3 nitrogen and oxygen atoms in total. The van der Waals surface area contributed by atoms with E-state index in [0.29, 0.717) is 0 Å². The molecular weight excluding hydrogens is 229 g/mol. The molecular formula is C14H16FN3. The molecule has 1 atom stereocenters. The zero-order valence-electron chi connectivity index (χ0n) is 10.4. The Morgan fingerprint density at radius 1 is 1.28 bits per heavy atom. The van der Waals surface area contributed by atoms with Crippen molar-refractivity contribution >= 4 is 0 Å². The Bertz CT molecular complexity index is 534. The number of hydrazine groups is 1. The van der Waals surface area contributed by atoms with Crippen LogP contribution in [0.3, 0.4) is 0 Å². The smallest absolute Gasteiger partial charge is 0.123 e. The number of aryl methyl sites for hydroxylation is 2. The predicted molar refractivity (Wildman–Crippen MR) is 69.3 cm³/mol. The fourth-order valence-electron chi connectivity index (χ4n) is 2.08. The summed E-state index contributed by atoms with van der Waals surface area (Å²) in [7, 11) is 0. The number of pyridine rings is 1. The Kier molecular flexibility index (Phi) is 3.69. The highest BCUT2D eigenvalue weighted by Crippen LogP contribution is 2.24. The highest BCUT2D eigenvalue weighted by atomic mass is 19.1. The van der Waals surface area contributed by atoms with Crippen molar-refractivity contribution < 1.29 is 4.39 Å². The molecule has 94 valence electrons. The number of hydrogen-bond donors (Lipinski definition) is 2. The van der Waals surface area contributed by atoms with Crippen LogP contribution < -0.4 is 11.3 Å². The number of nitrogens with two attached hydrogens (primary N) is 1. The van der Waals surface area contributed by atoms with Crippen LogP contribution in [0.15, 0.2) is 36.7 Å². The van der Waals surface area contributed by atoms with Crippen molar-refractivity contribution in [3.05, 3.63) is 64.7 Å². The number of rotatable bonds is 3. The first-order chi connectivity index (χ1) is 8.61. The van der Waals surface area contributed by atoms with Gasteiger partial charge in [-0.05, 0) is 54.3 Å². The van der Waals surface area contributed by atoms with E-state index in [1.165, 1.54) is 12.1 Å². The Morgan fingerprint density at radius 2 is 2.06 bits per heavy atom. The van der Waals surface area contributed by atoms with E-state index < -0.39 is 0 Å². The fraction of sp³-hybridized carbons (Fsp3) is 0.214. The van der Waals surface area contributed by atoms with Gasteiger partial charge >= 0.3 is 0 Å². The Morgan fingerprint density at radius 3 is 2.67 bits per heavy atom. The zero-order valence-corrected chi connectivity index (χ0v) is 10.4. The molecule has 2 rings (SSSR count). The van der Waals surface area contributed by atoms with Crippen LogP contribution in [0.1, 0.15) is 28.3 Å². The summed E-state index contributed by atoms with van der Waals surface area (Å²) >= 11 is 0. The molecule has 0 aliphatic rings. The van der Waals surface area contributed by atoms with Crippen molar-refractivity contribution in [2.45, 2.75) is 19.9 Å². The average Bonchev–Trinajstić information content (AvgIpc) is 2.31. The first-order valence-electron chi connectivity index (χ1n) is 5.75. The second-order valence-corrected chi connectivity index (χ2v) is 4.39. The molecule has 0 saturated carbocycles. The van der Waals surface area contributed by atoms with Crippen LogP contribution >= 0.6 is 0 Å². The summed E-state index contributed by atoms with van der Waals surface area (Å²) in [5, 5.41) is 0. The van der Waals surface area contributed by atoms with Gasteiger partial charge in [0.1, 0.15) is 5.82 Å². The van der Waals surface area contributed by atoms with Gasteiger partial charge in [0.05, 0.1) is 6.04 Å². The van der Waals surface area contributed by atoms with Crippen molar-refractivity contribution in [1.82, 2.24) is 10.4 Å². The van der Waals surface area contributed by atoms with Crippen LogP contribution in [-0.2, 0) is 0 Å². The molecule has 1 unspecified atom stereocenters. The van der Waals surface area contributed by atoms with Crippen LogP contribution in [0.25, 0.3) is 0 Å². The van der Waals surface area contributed by atoms with Crippen molar-refractivity contribution in [3.8, 4) is 0 Å². The van der Waals surface area contributed by atoms with Crippen molar-refractivity contribution in [2.24, 2.45) is 5.84 Å². The first-order valence-corrected chi connectivity index (χ1v) is 5.75. The SMILES string of the molecule is Cc1cc(F)cc(C(NN)c2cnccc2C)c1. The zero-order chi connectivity index (χ0) is 13.1. The van der Waals surface area contributed by atoms with Gasteiger partial charge in [-0.3, -0.25) is 10.8 Å². The average molecular weight is 245 g/mol. The largest absolute Gasteiger partial charge is 0.271 e. The summed E-state index contributed by atoms with van der Waals surface area (Å²) in [4.78, 5) is 4.10. The van der Waals surface area contributed by atoms with Gasteiger partial charge in [-0.15, -0.1) is 0 Å². The number of nitrogens with zero attached hydrogens (tertiary/aromatic N) is 1. The van der Waals surface area contributed by atoms with Gasteiger partial charge in [-0.25, -0.2) is 9.82 Å². The maximum atomic E-state index is 13.5. The fourth-order valence-corrected chi connectivity index (χ4v) is 2.08. The molecule has 0 aliphatic carbocycles. The maximum absolute atomic E-state index is 13.5. The van der Waals surface area contributed by atoms with Gasteiger partial charge in [0, 0.05) is 12.4 Å². The standard InChI is InChI=1S/C14H16FN3/c1-9-5-11(7-12(15)6-9)14(18-16)13-8-17-4-3-10(13)2/h3-8,14,18H,16H2,1-2H3. The lowest BCUT2D eigenvalue weighted by molar-refractivity contribution is 0.601. The molecule has 1 aromatic carbocycles. The summed E-state index contributed by atoms with van der Waals surface area (Å²) in [6.45, 7) is 3.84. The number of nitrogens with one attached hydrogen (secondary N) is 1. The highest BCUT2D eigenvalue weighted by Gasteiger charge is 2.15. The molecule has 3 N–H and O–H groups in total. The van der Waals surface area contributed by atoms with Crippen LogP contribution in [0.4, 0.5) is 4.39 Å². The van der Waals surface area contributed by atoms with Gasteiger partial charge in [-0.1, -0.05) is 6.07 Å². The first kappa shape index (κ1) is 12.7. The number of benzene rings is 1. The molecule has 0 spiro atoms. The van der Waals surface area contributed by atoms with E-state index in [0.717, 1.165) is 22.3 Å². The lowest BCUT2D eigenvalue weighted by atomic mass is 9.96. The third kappa shape index (κ3) is 2.55. The van der Waals surface area contributed by atoms with Crippen molar-refractivity contribution in [3.63, 3.8) is 0 Å². The van der Waals surface area contributed by atoms with E-state index in [9.17, 15) is 4.39 Å². The molecule has 0 amide bonds. The lowest BCUT2D eigenvalue weighted by Crippen LogP contribution is -2.29. The van der Waals surface area contributed by atoms with E-state index >= 15 is 0 Å². The van der Waals surface area contributed by atoms with Crippen LogP contribution in [0, 0.1) is 19.7 Å². The topological polar surface area (TPSA) is 50.9 Å². The minimum Gasteiger partial charge on any atom is -0.271 e. The van der Waals surface area contributed by atoms with E-state index in [4.69, 9.17) is 5.84 Å². The van der Waals surface area contributed by atoms with Gasteiger partial charge in [0.25, 0.3) is 0 Å². The van der Waals surface area contributed by atoms with Crippen LogP contribution in [-0.4, -0.2) is 4.98 Å². The highest BCUT2D eigenvalue weighted by molar-refractivity contribution is 5.36. The predicted octanol–water partition coefficient (Wildman–Crippen LogP) is 2.39. The van der Waals surface area contributed by atoms with E-state index in [2.05, 4.69) is 10.4 Å². The Balaban J connectivity index is 2.48. The molecule has 0 fully saturated rings. The summed E-state index contributed by atoms with van der Waals surface area (Å²) in [6.07, 6.45) is 3.48. The third-order valence-corrected chi connectivity index (χ3v) is 2.96. The summed E-state index contributed by atoms with van der Waals surface area (Å²) in [6, 6.07) is 6.55. The minimum absolute atomic E-state index is 0.256. The van der Waals surface area contributed by atoms with Gasteiger partial charge < -0.3 is 0 Å². The Labute approximate surface area is 106 Å². The lowest BCUT2D eigenvalue weighted by Gasteiger charge is -2.19. The molecule has 0 aliphatic heterocycles. The minimum atomic E-state index is -0.258. The van der Waals surface area contributed by atoms with Crippen molar-refractivity contribution in [1.29, 1.82) is 0 Å². The molecule has 18 heavy (non-hydrogen) atoms. The molecule has 0 saturated heterocycles. The van der Waals surface area contributed by atoms with E-state index in [1.54, 1.807) is 12.4 Å². The van der Waals surface area contributed by atoms with E-state index in [-0.39, 0.29) is 11.9 Å². The molecule has 1 heterocycles. The summed E-state index contributed by atoms with van der Waals surface area (Å²) < 4.78 is 13.5. The number of halogens is 1. The monoisotopic (exact) mass is 245 g/mol. The van der Waals surface area contributed by atoms with Crippen molar-refractivity contribution in [2.75, 3.05) is 0 Å². The third-order valence-electron chi connectivity index (χ3n) is 2.96. The molecule has 0 radical (unpaired) electrons. The quantitative estimate of drug-likeness (QED) is 0.645. The maximum Gasteiger partial charge on any atom is 0.123 e. The van der Waals surface area contributed by atoms with E-state index in [1.807, 2.05) is 26.0 Å². The normalized spacial score (nSPS) is 12.4. The summed E-state index contributed by atoms with van der Waals surface area (Å²) in [5.74, 6) is 5.35. The van der Waals surface area contributed by atoms with Crippen LogP contribution in [0.2, 0.25) is 0 Å². The number of hydrogen-bond acceptors (Lipinski definition) is 3. The van der Waals surface area contributed by atoms with Gasteiger partial charge in [0.15, 0.2) is 0 Å². The summed E-state index contributed by atoms with van der Waals surface area (Å²) in [5.41, 5.74) is 6.40. The number of aromatic nitrogens is 1. The Hall–Kier alpha value is -1.78. The van der Waals surface area contributed by atoms with Crippen LogP contribution in [0.5, 0.6) is 0 Å². The molecule has 2 aromatic rings. The van der Waals surface area contributed by atoms with Gasteiger partial charge in [0.2, 0.25) is 0 Å². The molecule has 1 aromatic heterocycles. The molecule has 0 bridgehead atoms. The second kappa shape index (κ2) is 5.25. The molecule has 4 heteroatoms. The van der Waals surface area contributed by atoms with Gasteiger partial charge in [-0.2, -0.15) is 0 Å². The second-order valence-electron chi connectivity index (χ2n) is 4.39.